The van der Waals surface area contributed by atoms with Crippen LogP contribution in [0.5, 0.6) is 0 Å². The molecule has 0 saturated carbocycles. The summed E-state index contributed by atoms with van der Waals surface area (Å²) in [6.45, 7) is 4.77. The smallest absolute Gasteiger partial charge is 0.187 e. The molecule has 0 aliphatic carbocycles. The van der Waals surface area contributed by atoms with Crippen molar-refractivity contribution >= 4 is 11.6 Å². The molecule has 7 nitrogen and oxygen atoms in total. The maximum atomic E-state index is 14.5. The minimum Gasteiger partial charge on any atom is -0.353 e. The molecule has 0 N–H and O–H groups in total. The van der Waals surface area contributed by atoms with E-state index >= 15 is 0 Å². The molecule has 4 heterocycles. The van der Waals surface area contributed by atoms with Crippen molar-refractivity contribution in [3.8, 4) is 5.82 Å². The molecule has 1 fully saturated rings. The van der Waals surface area contributed by atoms with Crippen molar-refractivity contribution < 1.29 is 4.39 Å². The number of aromatic nitrogens is 5. The van der Waals surface area contributed by atoms with Crippen LogP contribution in [0.4, 0.5) is 16.0 Å². The van der Waals surface area contributed by atoms with Crippen molar-refractivity contribution in [1.82, 2.24) is 24.7 Å². The van der Waals surface area contributed by atoms with E-state index in [1.54, 1.807) is 10.9 Å². The van der Waals surface area contributed by atoms with E-state index in [4.69, 9.17) is 0 Å². The van der Waals surface area contributed by atoms with E-state index in [-0.39, 0.29) is 5.82 Å². The first-order valence-electron chi connectivity index (χ1n) is 8.72. The molecule has 4 rings (SSSR count). The number of aryl methyl sites for hydroxylation is 1. The maximum Gasteiger partial charge on any atom is 0.187 e. The number of nitrogens with zero attached hydrogens (tertiary/aromatic N) is 7. The Kier molecular flexibility index (Phi) is 4.47. The van der Waals surface area contributed by atoms with Gasteiger partial charge in [-0.2, -0.15) is 5.10 Å². The number of piperazine rings is 1. The maximum absolute atomic E-state index is 14.5. The van der Waals surface area contributed by atoms with E-state index in [1.807, 2.05) is 42.3 Å². The van der Waals surface area contributed by atoms with Gasteiger partial charge < -0.3 is 9.80 Å². The van der Waals surface area contributed by atoms with Crippen LogP contribution in [0.2, 0.25) is 0 Å². The van der Waals surface area contributed by atoms with E-state index in [0.717, 1.165) is 24.7 Å². The molecule has 8 heteroatoms. The van der Waals surface area contributed by atoms with Gasteiger partial charge in [0.15, 0.2) is 17.5 Å². The standard InChI is InChI=1S/C18H20FN7/c1-2-14-17(19)18(21-13-20-14)25-11-9-24(10-12-25)15-5-3-6-16(23-15)26-8-4-7-22-26/h3-8,13H,2,9-12H2,1H3. The summed E-state index contributed by atoms with van der Waals surface area (Å²) in [4.78, 5) is 17.0. The third kappa shape index (κ3) is 3.10. The Morgan fingerprint density at radius 1 is 1.00 bits per heavy atom. The Morgan fingerprint density at radius 3 is 2.50 bits per heavy atom. The highest BCUT2D eigenvalue weighted by Crippen LogP contribution is 2.22. The highest BCUT2D eigenvalue weighted by atomic mass is 19.1. The van der Waals surface area contributed by atoms with Gasteiger partial charge >= 0.3 is 0 Å². The predicted molar refractivity (Wildman–Crippen MR) is 97.2 cm³/mol. The number of halogens is 1. The van der Waals surface area contributed by atoms with Crippen molar-refractivity contribution in [3.63, 3.8) is 0 Å². The zero-order valence-electron chi connectivity index (χ0n) is 14.6. The number of hydrogen-bond acceptors (Lipinski definition) is 6. The normalized spacial score (nSPS) is 14.7. The lowest BCUT2D eigenvalue weighted by Gasteiger charge is -2.36. The molecule has 0 unspecified atom stereocenters. The fourth-order valence-electron chi connectivity index (χ4n) is 3.13. The Morgan fingerprint density at radius 2 is 1.77 bits per heavy atom. The minimum absolute atomic E-state index is 0.303. The van der Waals surface area contributed by atoms with Gasteiger partial charge in [-0.25, -0.2) is 24.0 Å². The summed E-state index contributed by atoms with van der Waals surface area (Å²) in [7, 11) is 0. The van der Waals surface area contributed by atoms with Gasteiger partial charge in [0, 0.05) is 38.6 Å². The Labute approximate surface area is 151 Å². The fraction of sp³-hybridized carbons (Fsp3) is 0.333. The molecular formula is C18H20FN7. The van der Waals surface area contributed by atoms with Gasteiger partial charge in [-0.15, -0.1) is 0 Å². The van der Waals surface area contributed by atoms with E-state index in [0.29, 0.717) is 31.0 Å². The highest BCUT2D eigenvalue weighted by Gasteiger charge is 2.23. The van der Waals surface area contributed by atoms with Crippen molar-refractivity contribution in [2.75, 3.05) is 36.0 Å². The van der Waals surface area contributed by atoms with Crippen LogP contribution >= 0.6 is 0 Å². The van der Waals surface area contributed by atoms with Gasteiger partial charge in [0.25, 0.3) is 0 Å². The average Bonchev–Trinajstić information content (AvgIpc) is 3.23. The lowest BCUT2D eigenvalue weighted by Crippen LogP contribution is -2.47. The van der Waals surface area contributed by atoms with E-state index < -0.39 is 0 Å². The fourth-order valence-corrected chi connectivity index (χ4v) is 3.13. The predicted octanol–water partition coefficient (Wildman–Crippen LogP) is 2.09. The van der Waals surface area contributed by atoms with Gasteiger partial charge in [-0.3, -0.25) is 0 Å². The summed E-state index contributed by atoms with van der Waals surface area (Å²) < 4.78 is 16.2. The second-order valence-corrected chi connectivity index (χ2v) is 6.09. The van der Waals surface area contributed by atoms with Crippen molar-refractivity contribution in [3.05, 3.63) is 54.5 Å². The molecule has 1 saturated heterocycles. The quantitative estimate of drug-likeness (QED) is 0.716. The van der Waals surface area contributed by atoms with Crippen molar-refractivity contribution in [2.24, 2.45) is 0 Å². The van der Waals surface area contributed by atoms with E-state index in [9.17, 15) is 4.39 Å². The summed E-state index contributed by atoms with van der Waals surface area (Å²) >= 11 is 0. The lowest BCUT2D eigenvalue weighted by molar-refractivity contribution is 0.568. The molecule has 134 valence electrons. The van der Waals surface area contributed by atoms with Crippen LogP contribution in [0, 0.1) is 5.82 Å². The summed E-state index contributed by atoms with van der Waals surface area (Å²) in [5.74, 6) is 1.77. The van der Waals surface area contributed by atoms with Crippen LogP contribution in [0.25, 0.3) is 5.82 Å². The zero-order valence-corrected chi connectivity index (χ0v) is 14.6. The summed E-state index contributed by atoms with van der Waals surface area (Å²) in [5.41, 5.74) is 0.464. The molecule has 1 aliphatic rings. The SMILES string of the molecule is CCc1ncnc(N2CCN(c3cccc(-n4cccn4)n3)CC2)c1F. The summed E-state index contributed by atoms with van der Waals surface area (Å²) in [6, 6.07) is 7.76. The van der Waals surface area contributed by atoms with Crippen LogP contribution in [0.15, 0.2) is 43.0 Å². The highest BCUT2D eigenvalue weighted by molar-refractivity contribution is 5.47. The molecule has 0 amide bonds. The molecule has 0 aromatic carbocycles. The van der Waals surface area contributed by atoms with Gasteiger partial charge in [0.05, 0.1) is 5.69 Å². The minimum atomic E-state index is -0.303. The van der Waals surface area contributed by atoms with Crippen LogP contribution in [-0.4, -0.2) is 50.9 Å². The number of rotatable bonds is 4. The van der Waals surface area contributed by atoms with E-state index in [2.05, 4.69) is 25.0 Å². The zero-order chi connectivity index (χ0) is 17.9. The van der Waals surface area contributed by atoms with Gasteiger partial charge in [-0.05, 0) is 24.6 Å². The Hall–Kier alpha value is -3.03. The third-order valence-corrected chi connectivity index (χ3v) is 4.54. The number of pyridine rings is 1. The van der Waals surface area contributed by atoms with Crippen LogP contribution in [0.3, 0.4) is 0 Å². The molecule has 26 heavy (non-hydrogen) atoms. The molecule has 0 atom stereocenters. The van der Waals surface area contributed by atoms with Crippen molar-refractivity contribution in [2.45, 2.75) is 13.3 Å². The van der Waals surface area contributed by atoms with Gasteiger partial charge in [0.2, 0.25) is 0 Å². The van der Waals surface area contributed by atoms with Crippen LogP contribution < -0.4 is 9.80 Å². The third-order valence-electron chi connectivity index (χ3n) is 4.54. The van der Waals surface area contributed by atoms with Gasteiger partial charge in [0.1, 0.15) is 12.1 Å². The second-order valence-electron chi connectivity index (χ2n) is 6.09. The first-order chi connectivity index (χ1) is 12.8. The Bertz CT molecular complexity index is 873. The topological polar surface area (TPSA) is 63.0 Å². The molecule has 0 bridgehead atoms. The first kappa shape index (κ1) is 16.4. The van der Waals surface area contributed by atoms with Gasteiger partial charge in [-0.1, -0.05) is 13.0 Å². The van der Waals surface area contributed by atoms with Crippen LogP contribution in [0.1, 0.15) is 12.6 Å². The number of hydrogen-bond donors (Lipinski definition) is 0. The molecule has 1 aliphatic heterocycles. The summed E-state index contributed by atoms with van der Waals surface area (Å²) in [5, 5.41) is 4.22. The molecule has 3 aromatic rings. The first-order valence-corrected chi connectivity index (χ1v) is 8.72. The molecule has 0 spiro atoms. The largest absolute Gasteiger partial charge is 0.353 e. The number of anilines is 2. The monoisotopic (exact) mass is 353 g/mol. The second kappa shape index (κ2) is 7.07. The van der Waals surface area contributed by atoms with Crippen molar-refractivity contribution in [1.29, 1.82) is 0 Å². The molecule has 3 aromatic heterocycles. The lowest BCUT2D eigenvalue weighted by atomic mass is 10.2. The van der Waals surface area contributed by atoms with E-state index in [1.165, 1.54) is 6.33 Å². The Balaban J connectivity index is 1.48. The molecular weight excluding hydrogens is 333 g/mol. The molecule has 0 radical (unpaired) electrons. The summed E-state index contributed by atoms with van der Waals surface area (Å²) in [6.07, 6.45) is 5.60. The average molecular weight is 353 g/mol. The van der Waals surface area contributed by atoms with Crippen LogP contribution in [-0.2, 0) is 6.42 Å².